The lowest BCUT2D eigenvalue weighted by Crippen LogP contribution is -2.23. The van der Waals surface area contributed by atoms with Crippen molar-refractivity contribution < 1.29 is 0 Å². The van der Waals surface area contributed by atoms with Gasteiger partial charge in [-0.3, -0.25) is 5.32 Å². The zero-order valence-electron chi connectivity index (χ0n) is 6.37. The van der Waals surface area contributed by atoms with Crippen LogP contribution in [0.3, 0.4) is 0 Å². The van der Waals surface area contributed by atoms with Crippen LogP contribution < -0.4 is 5.32 Å². The maximum Gasteiger partial charge on any atom is 0.0927 e. The van der Waals surface area contributed by atoms with Gasteiger partial charge >= 0.3 is 0 Å². The van der Waals surface area contributed by atoms with Crippen LogP contribution in [0.2, 0.25) is 0 Å². The van der Waals surface area contributed by atoms with E-state index in [2.05, 4.69) is 22.8 Å². The van der Waals surface area contributed by atoms with Gasteiger partial charge in [0.25, 0.3) is 0 Å². The van der Waals surface area contributed by atoms with E-state index in [0.29, 0.717) is 0 Å². The highest BCUT2D eigenvalue weighted by Crippen LogP contribution is 2.04. The Balaban J connectivity index is 2.30. The van der Waals surface area contributed by atoms with Gasteiger partial charge in [0.2, 0.25) is 0 Å². The molecule has 0 radical (unpaired) electrons. The molecule has 1 aromatic heterocycles. The second-order valence-corrected chi connectivity index (χ2v) is 3.14. The maximum absolute atomic E-state index is 8.45. The van der Waals surface area contributed by atoms with Crippen molar-refractivity contribution in [3.8, 4) is 6.07 Å². The largest absolute Gasteiger partial charge is 0.298 e. The van der Waals surface area contributed by atoms with E-state index in [0.717, 1.165) is 6.54 Å². The molecule has 1 unspecified atom stereocenters. The molecule has 0 aliphatic rings. The van der Waals surface area contributed by atoms with Gasteiger partial charge in [-0.15, -0.1) is 0 Å². The van der Waals surface area contributed by atoms with Crippen LogP contribution in [0.1, 0.15) is 12.5 Å². The number of nitriles is 1. The van der Waals surface area contributed by atoms with Gasteiger partial charge in [0, 0.05) is 6.54 Å². The predicted octanol–water partition coefficient (Wildman–Crippen LogP) is 1.75. The molecule has 0 aliphatic carbocycles. The topological polar surface area (TPSA) is 35.8 Å². The quantitative estimate of drug-likeness (QED) is 0.742. The van der Waals surface area contributed by atoms with Gasteiger partial charge in [-0.05, 0) is 29.3 Å². The SMILES string of the molecule is CC(C#N)NCc1ccsc1. The van der Waals surface area contributed by atoms with Crippen molar-refractivity contribution in [3.63, 3.8) is 0 Å². The molecular formula is C8H10N2S. The van der Waals surface area contributed by atoms with Crippen LogP contribution in [-0.4, -0.2) is 6.04 Å². The van der Waals surface area contributed by atoms with Crippen LogP contribution in [-0.2, 0) is 6.54 Å². The third-order valence-corrected chi connectivity index (χ3v) is 2.12. The van der Waals surface area contributed by atoms with Crippen LogP contribution in [0.4, 0.5) is 0 Å². The Hall–Kier alpha value is -0.850. The predicted molar refractivity (Wildman–Crippen MR) is 46.2 cm³/mol. The molecule has 1 rings (SSSR count). The van der Waals surface area contributed by atoms with Gasteiger partial charge in [0.15, 0.2) is 0 Å². The lowest BCUT2D eigenvalue weighted by molar-refractivity contribution is 0.643. The minimum Gasteiger partial charge on any atom is -0.298 e. The van der Waals surface area contributed by atoms with Gasteiger partial charge in [-0.1, -0.05) is 0 Å². The van der Waals surface area contributed by atoms with E-state index in [1.165, 1.54) is 5.56 Å². The molecule has 1 atom stereocenters. The van der Waals surface area contributed by atoms with Gasteiger partial charge in [0.1, 0.15) is 0 Å². The zero-order valence-corrected chi connectivity index (χ0v) is 7.19. The second-order valence-electron chi connectivity index (χ2n) is 2.36. The molecule has 58 valence electrons. The smallest absolute Gasteiger partial charge is 0.0927 e. The summed E-state index contributed by atoms with van der Waals surface area (Å²) in [5.41, 5.74) is 1.25. The molecule has 0 aliphatic heterocycles. The van der Waals surface area contributed by atoms with E-state index >= 15 is 0 Å². The van der Waals surface area contributed by atoms with E-state index < -0.39 is 0 Å². The molecule has 1 aromatic rings. The number of hydrogen-bond donors (Lipinski definition) is 1. The maximum atomic E-state index is 8.45. The van der Waals surface area contributed by atoms with Crippen molar-refractivity contribution in [3.05, 3.63) is 22.4 Å². The van der Waals surface area contributed by atoms with Crippen molar-refractivity contribution in [1.82, 2.24) is 5.32 Å². The Morgan fingerprint density at radius 1 is 1.82 bits per heavy atom. The lowest BCUT2D eigenvalue weighted by Gasteiger charge is -2.02. The fraction of sp³-hybridized carbons (Fsp3) is 0.375. The third-order valence-electron chi connectivity index (χ3n) is 1.39. The van der Waals surface area contributed by atoms with Crippen LogP contribution in [0.15, 0.2) is 16.8 Å². The molecule has 1 N–H and O–H groups in total. The first-order valence-corrected chi connectivity index (χ1v) is 4.41. The number of hydrogen-bond acceptors (Lipinski definition) is 3. The molecule has 0 amide bonds. The van der Waals surface area contributed by atoms with Gasteiger partial charge in [0.05, 0.1) is 12.1 Å². The lowest BCUT2D eigenvalue weighted by atomic mass is 10.3. The minimum absolute atomic E-state index is 0.0603. The van der Waals surface area contributed by atoms with Crippen LogP contribution >= 0.6 is 11.3 Å². The average molecular weight is 166 g/mol. The van der Waals surface area contributed by atoms with Crippen molar-refractivity contribution in [1.29, 1.82) is 5.26 Å². The molecule has 2 nitrogen and oxygen atoms in total. The van der Waals surface area contributed by atoms with E-state index in [1.807, 2.05) is 12.3 Å². The van der Waals surface area contributed by atoms with E-state index in [1.54, 1.807) is 11.3 Å². The second kappa shape index (κ2) is 4.12. The summed E-state index contributed by atoms with van der Waals surface area (Å²) in [4.78, 5) is 0. The van der Waals surface area contributed by atoms with E-state index in [-0.39, 0.29) is 6.04 Å². The molecule has 1 heterocycles. The van der Waals surface area contributed by atoms with Gasteiger partial charge < -0.3 is 0 Å². The Morgan fingerprint density at radius 3 is 3.18 bits per heavy atom. The fourth-order valence-electron chi connectivity index (χ4n) is 0.710. The van der Waals surface area contributed by atoms with Gasteiger partial charge in [-0.2, -0.15) is 16.6 Å². The molecule has 0 bridgehead atoms. The molecule has 0 saturated heterocycles. The first kappa shape index (κ1) is 8.25. The Morgan fingerprint density at radius 2 is 2.64 bits per heavy atom. The van der Waals surface area contributed by atoms with Crippen molar-refractivity contribution >= 4 is 11.3 Å². The zero-order chi connectivity index (χ0) is 8.10. The monoisotopic (exact) mass is 166 g/mol. The van der Waals surface area contributed by atoms with Crippen molar-refractivity contribution in [2.24, 2.45) is 0 Å². The normalized spacial score (nSPS) is 12.4. The summed E-state index contributed by atoms with van der Waals surface area (Å²) >= 11 is 1.68. The summed E-state index contributed by atoms with van der Waals surface area (Å²) in [6, 6.07) is 4.12. The Kier molecular flexibility index (Phi) is 3.09. The standard InChI is InChI=1S/C8H10N2S/c1-7(4-9)10-5-8-2-3-11-6-8/h2-3,6-7,10H,5H2,1H3. The van der Waals surface area contributed by atoms with Crippen LogP contribution in [0.5, 0.6) is 0 Å². The molecule has 0 saturated carbocycles. The number of rotatable bonds is 3. The summed E-state index contributed by atoms with van der Waals surface area (Å²) < 4.78 is 0. The summed E-state index contributed by atoms with van der Waals surface area (Å²) in [6.07, 6.45) is 0. The van der Waals surface area contributed by atoms with Gasteiger partial charge in [-0.25, -0.2) is 0 Å². The number of nitrogens with zero attached hydrogens (tertiary/aromatic N) is 1. The Labute approximate surface area is 70.5 Å². The first-order valence-electron chi connectivity index (χ1n) is 3.47. The molecule has 0 spiro atoms. The van der Waals surface area contributed by atoms with Crippen LogP contribution in [0.25, 0.3) is 0 Å². The van der Waals surface area contributed by atoms with Crippen molar-refractivity contribution in [2.45, 2.75) is 19.5 Å². The van der Waals surface area contributed by atoms with Crippen LogP contribution in [0, 0.1) is 11.3 Å². The van der Waals surface area contributed by atoms with E-state index in [9.17, 15) is 0 Å². The molecule has 0 fully saturated rings. The molecule has 3 heteroatoms. The Bertz CT molecular complexity index is 235. The minimum atomic E-state index is -0.0603. The first-order chi connectivity index (χ1) is 5.33. The highest BCUT2D eigenvalue weighted by atomic mass is 32.1. The summed E-state index contributed by atoms with van der Waals surface area (Å²) in [5.74, 6) is 0. The fourth-order valence-corrected chi connectivity index (χ4v) is 1.38. The summed E-state index contributed by atoms with van der Waals surface area (Å²) in [6.45, 7) is 2.64. The number of thiophene rings is 1. The summed E-state index contributed by atoms with van der Waals surface area (Å²) in [7, 11) is 0. The third kappa shape index (κ3) is 2.71. The highest BCUT2D eigenvalue weighted by Gasteiger charge is 1.97. The molecular weight excluding hydrogens is 156 g/mol. The molecule has 11 heavy (non-hydrogen) atoms. The summed E-state index contributed by atoms with van der Waals surface area (Å²) in [5, 5.41) is 15.6. The average Bonchev–Trinajstić information content (AvgIpc) is 2.52. The van der Waals surface area contributed by atoms with Crippen molar-refractivity contribution in [2.75, 3.05) is 0 Å². The highest BCUT2D eigenvalue weighted by molar-refractivity contribution is 7.07. The van der Waals surface area contributed by atoms with E-state index in [4.69, 9.17) is 5.26 Å². The molecule has 0 aromatic carbocycles. The number of nitrogens with one attached hydrogen (secondary N) is 1.